The van der Waals surface area contributed by atoms with Gasteiger partial charge in [0.25, 0.3) is 0 Å². The second kappa shape index (κ2) is 7.44. The largest absolute Gasteiger partial charge is 0.340 e. The lowest BCUT2D eigenvalue weighted by molar-refractivity contribution is -0.132. The first-order valence-corrected chi connectivity index (χ1v) is 7.70. The third-order valence-corrected chi connectivity index (χ3v) is 4.39. The molecular formula is C17H26N2O. The molecule has 2 atom stereocenters. The number of carbonyl (C=O) groups is 1. The van der Waals surface area contributed by atoms with E-state index in [1.54, 1.807) is 0 Å². The Balaban J connectivity index is 1.85. The van der Waals surface area contributed by atoms with Crippen molar-refractivity contribution in [2.24, 2.45) is 5.92 Å². The van der Waals surface area contributed by atoms with Crippen LogP contribution in [-0.4, -0.2) is 37.0 Å². The van der Waals surface area contributed by atoms with Crippen LogP contribution in [-0.2, 0) is 11.2 Å². The fraction of sp³-hybridized carbons (Fsp3) is 0.588. The molecule has 3 nitrogen and oxygen atoms in total. The molecule has 1 aliphatic rings. The molecule has 1 amide bonds. The van der Waals surface area contributed by atoms with Crippen molar-refractivity contribution in [1.82, 2.24) is 10.2 Å². The molecular weight excluding hydrogens is 248 g/mol. The second-order valence-electron chi connectivity index (χ2n) is 5.77. The number of amides is 1. The fourth-order valence-corrected chi connectivity index (χ4v) is 3.11. The number of nitrogens with one attached hydrogen (secondary N) is 1. The maximum Gasteiger partial charge on any atom is 0.222 e. The first kappa shape index (κ1) is 15.0. The number of nitrogens with zero attached hydrogens (tertiary/aromatic N) is 1. The molecule has 0 radical (unpaired) electrons. The van der Waals surface area contributed by atoms with Crippen LogP contribution in [0.1, 0.15) is 31.7 Å². The molecule has 0 bridgehead atoms. The predicted octanol–water partition coefficient (Wildman–Crippen LogP) is 2.47. The average Bonchev–Trinajstić information content (AvgIpc) is 2.82. The summed E-state index contributed by atoms with van der Waals surface area (Å²) in [6.45, 7) is 4.05. The molecule has 20 heavy (non-hydrogen) atoms. The molecule has 1 N–H and O–H groups in total. The van der Waals surface area contributed by atoms with E-state index in [1.807, 2.05) is 7.05 Å². The van der Waals surface area contributed by atoms with Crippen LogP contribution in [0.5, 0.6) is 0 Å². The van der Waals surface area contributed by atoms with E-state index < -0.39 is 0 Å². The summed E-state index contributed by atoms with van der Waals surface area (Å²) in [6, 6.07) is 11.0. The molecule has 1 aliphatic heterocycles. The molecule has 1 fully saturated rings. The summed E-state index contributed by atoms with van der Waals surface area (Å²) in [6.07, 6.45) is 3.82. The minimum Gasteiger partial charge on any atom is -0.340 e. The van der Waals surface area contributed by atoms with Gasteiger partial charge in [-0.05, 0) is 51.3 Å². The smallest absolute Gasteiger partial charge is 0.222 e. The van der Waals surface area contributed by atoms with Crippen LogP contribution >= 0.6 is 0 Å². The first-order valence-electron chi connectivity index (χ1n) is 7.70. The van der Waals surface area contributed by atoms with Crippen LogP contribution in [0.15, 0.2) is 30.3 Å². The van der Waals surface area contributed by atoms with Crippen LogP contribution in [0.2, 0.25) is 0 Å². The fourth-order valence-electron chi connectivity index (χ4n) is 3.11. The Morgan fingerprint density at radius 1 is 1.35 bits per heavy atom. The number of likely N-dealkylation sites (tertiary alicyclic amines) is 1. The Hall–Kier alpha value is -1.35. The first-order chi connectivity index (χ1) is 9.72. The standard InChI is InChI=1S/C17H26N2O/c1-14-16(13-15-7-4-3-5-8-15)10-12-19(14)17(20)9-6-11-18-2/h3-5,7-8,14,16,18H,6,9-13H2,1-2H3. The maximum absolute atomic E-state index is 12.2. The van der Waals surface area contributed by atoms with Crippen LogP contribution in [0.25, 0.3) is 0 Å². The number of carbonyl (C=O) groups excluding carboxylic acids is 1. The number of hydrogen-bond donors (Lipinski definition) is 1. The third-order valence-electron chi connectivity index (χ3n) is 4.39. The van der Waals surface area contributed by atoms with E-state index in [2.05, 4.69) is 47.5 Å². The molecule has 0 spiro atoms. The second-order valence-corrected chi connectivity index (χ2v) is 5.77. The van der Waals surface area contributed by atoms with Gasteiger partial charge in [0, 0.05) is 19.0 Å². The zero-order chi connectivity index (χ0) is 14.4. The monoisotopic (exact) mass is 274 g/mol. The summed E-state index contributed by atoms with van der Waals surface area (Å²) in [5, 5.41) is 3.10. The van der Waals surface area contributed by atoms with E-state index in [1.165, 1.54) is 5.56 Å². The highest BCUT2D eigenvalue weighted by atomic mass is 16.2. The highest BCUT2D eigenvalue weighted by molar-refractivity contribution is 5.76. The summed E-state index contributed by atoms with van der Waals surface area (Å²) in [7, 11) is 1.93. The molecule has 0 saturated carbocycles. The minimum atomic E-state index is 0.323. The van der Waals surface area contributed by atoms with Crippen molar-refractivity contribution in [2.75, 3.05) is 20.1 Å². The molecule has 1 aromatic rings. The zero-order valence-corrected chi connectivity index (χ0v) is 12.6. The van der Waals surface area contributed by atoms with Gasteiger partial charge in [0.2, 0.25) is 5.91 Å². The van der Waals surface area contributed by atoms with Gasteiger partial charge < -0.3 is 10.2 Å². The summed E-state index contributed by atoms with van der Waals surface area (Å²) < 4.78 is 0. The van der Waals surface area contributed by atoms with Gasteiger partial charge in [-0.15, -0.1) is 0 Å². The van der Waals surface area contributed by atoms with E-state index in [4.69, 9.17) is 0 Å². The Morgan fingerprint density at radius 2 is 2.10 bits per heavy atom. The van der Waals surface area contributed by atoms with Crippen LogP contribution in [0.3, 0.4) is 0 Å². The van der Waals surface area contributed by atoms with Gasteiger partial charge in [-0.2, -0.15) is 0 Å². The topological polar surface area (TPSA) is 32.3 Å². The number of benzene rings is 1. The maximum atomic E-state index is 12.2. The summed E-state index contributed by atoms with van der Waals surface area (Å²) in [5.41, 5.74) is 1.38. The van der Waals surface area contributed by atoms with Gasteiger partial charge in [0.05, 0.1) is 0 Å². The van der Waals surface area contributed by atoms with E-state index in [0.29, 0.717) is 24.3 Å². The van der Waals surface area contributed by atoms with E-state index in [-0.39, 0.29) is 0 Å². The molecule has 1 aromatic carbocycles. The van der Waals surface area contributed by atoms with Crippen molar-refractivity contribution in [3.05, 3.63) is 35.9 Å². The van der Waals surface area contributed by atoms with Crippen molar-refractivity contribution >= 4 is 5.91 Å². The van der Waals surface area contributed by atoms with Gasteiger partial charge in [-0.1, -0.05) is 30.3 Å². The molecule has 1 heterocycles. The lowest BCUT2D eigenvalue weighted by atomic mass is 9.93. The summed E-state index contributed by atoms with van der Waals surface area (Å²) in [4.78, 5) is 14.3. The molecule has 0 aromatic heterocycles. The Bertz CT molecular complexity index is 418. The van der Waals surface area contributed by atoms with Crippen LogP contribution in [0, 0.1) is 5.92 Å². The molecule has 2 unspecified atom stereocenters. The van der Waals surface area contributed by atoms with E-state index in [9.17, 15) is 4.79 Å². The average molecular weight is 274 g/mol. The van der Waals surface area contributed by atoms with Crippen molar-refractivity contribution in [3.63, 3.8) is 0 Å². The van der Waals surface area contributed by atoms with E-state index in [0.717, 1.165) is 32.4 Å². The lowest BCUT2D eigenvalue weighted by Crippen LogP contribution is -2.36. The SMILES string of the molecule is CNCCCC(=O)N1CCC(Cc2ccccc2)C1C. The summed E-state index contributed by atoms with van der Waals surface area (Å²) in [5.74, 6) is 0.925. The normalized spacial score (nSPS) is 22.2. The van der Waals surface area contributed by atoms with Gasteiger partial charge in [-0.3, -0.25) is 4.79 Å². The lowest BCUT2D eigenvalue weighted by Gasteiger charge is -2.25. The zero-order valence-electron chi connectivity index (χ0n) is 12.6. The Labute approximate surface area is 122 Å². The highest BCUT2D eigenvalue weighted by Gasteiger charge is 2.33. The van der Waals surface area contributed by atoms with Crippen LogP contribution < -0.4 is 5.32 Å². The quantitative estimate of drug-likeness (QED) is 0.808. The molecule has 110 valence electrons. The van der Waals surface area contributed by atoms with Gasteiger partial charge >= 0.3 is 0 Å². The molecule has 1 saturated heterocycles. The van der Waals surface area contributed by atoms with Crippen molar-refractivity contribution in [1.29, 1.82) is 0 Å². The summed E-state index contributed by atoms with van der Waals surface area (Å²) >= 11 is 0. The van der Waals surface area contributed by atoms with Crippen LogP contribution in [0.4, 0.5) is 0 Å². The van der Waals surface area contributed by atoms with Crippen molar-refractivity contribution in [2.45, 2.75) is 38.6 Å². The Kier molecular flexibility index (Phi) is 5.60. The third kappa shape index (κ3) is 3.83. The Morgan fingerprint density at radius 3 is 2.80 bits per heavy atom. The molecule has 2 rings (SSSR count). The molecule has 3 heteroatoms. The number of rotatable bonds is 6. The van der Waals surface area contributed by atoms with Gasteiger partial charge in [0.15, 0.2) is 0 Å². The van der Waals surface area contributed by atoms with Crippen molar-refractivity contribution in [3.8, 4) is 0 Å². The minimum absolute atomic E-state index is 0.323. The van der Waals surface area contributed by atoms with Gasteiger partial charge in [0.1, 0.15) is 0 Å². The van der Waals surface area contributed by atoms with Gasteiger partial charge in [-0.25, -0.2) is 0 Å². The number of hydrogen-bond acceptors (Lipinski definition) is 2. The molecule has 0 aliphatic carbocycles. The van der Waals surface area contributed by atoms with Crippen molar-refractivity contribution < 1.29 is 4.79 Å². The predicted molar refractivity (Wildman–Crippen MR) is 82.6 cm³/mol. The van der Waals surface area contributed by atoms with E-state index >= 15 is 0 Å². The highest BCUT2D eigenvalue weighted by Crippen LogP contribution is 2.28.